The Morgan fingerprint density at radius 3 is 1.88 bits per heavy atom. The number of amides is 6. The van der Waals surface area contributed by atoms with Gasteiger partial charge in [-0.3, -0.25) is 33.6 Å². The van der Waals surface area contributed by atoms with Gasteiger partial charge in [0.25, 0.3) is 0 Å². The van der Waals surface area contributed by atoms with Gasteiger partial charge >= 0.3 is 5.97 Å². The highest BCUT2D eigenvalue weighted by Gasteiger charge is 2.30. The maximum Gasteiger partial charge on any atom is 0.303 e. The summed E-state index contributed by atoms with van der Waals surface area (Å²) in [4.78, 5) is 84.3. The molecule has 0 spiro atoms. The SMILES string of the molecule is CC(C)C[C@@H]1NC(=O)CNC(=O)[C@H](CCC(=O)O)NC(=O)CNC(=O)[C@H](CC(N)=O)NC1=O. The van der Waals surface area contributed by atoms with Gasteiger partial charge in [-0.15, -0.1) is 0 Å². The standard InChI is InChI=1S/C19H30N6O8/c1-9(2)5-11-19(33)25-12(6-13(20)26)18(32)22-7-14(27)23-10(3-4-16(29)30)17(31)21-8-15(28)24-11/h9-12H,3-8H2,1-2H3,(H2,20,26)(H,21,31)(H,22,32)(H,23,27)(H,24,28)(H,25,33)(H,29,30)/t10-,11-,12-/m0/s1. The molecule has 0 aromatic heterocycles. The molecule has 0 bridgehead atoms. The lowest BCUT2D eigenvalue weighted by molar-refractivity contribution is -0.138. The molecule has 0 unspecified atom stereocenters. The van der Waals surface area contributed by atoms with E-state index in [-0.39, 0.29) is 18.8 Å². The third-order valence-corrected chi connectivity index (χ3v) is 4.54. The van der Waals surface area contributed by atoms with Crippen molar-refractivity contribution in [2.45, 2.75) is 57.7 Å². The molecule has 3 atom stereocenters. The van der Waals surface area contributed by atoms with Crippen molar-refractivity contribution in [2.75, 3.05) is 13.1 Å². The second-order valence-corrected chi connectivity index (χ2v) is 7.97. The molecule has 1 heterocycles. The second-order valence-electron chi connectivity index (χ2n) is 7.97. The summed E-state index contributed by atoms with van der Waals surface area (Å²) in [5, 5.41) is 20.5. The highest BCUT2D eigenvalue weighted by Crippen LogP contribution is 2.06. The minimum Gasteiger partial charge on any atom is -0.481 e. The summed E-state index contributed by atoms with van der Waals surface area (Å²) in [5.74, 6) is -6.11. The molecule has 33 heavy (non-hydrogen) atoms. The summed E-state index contributed by atoms with van der Waals surface area (Å²) in [6.45, 7) is 2.44. The fourth-order valence-electron chi connectivity index (χ4n) is 2.99. The number of carbonyl (C=O) groups is 7. The van der Waals surface area contributed by atoms with Crippen LogP contribution in [0.15, 0.2) is 0 Å². The average molecular weight is 470 g/mol. The minimum atomic E-state index is -1.40. The number of nitrogens with one attached hydrogen (secondary N) is 5. The zero-order chi connectivity index (χ0) is 25.1. The minimum absolute atomic E-state index is 0.0386. The second kappa shape index (κ2) is 13.0. The molecular weight excluding hydrogens is 440 g/mol. The smallest absolute Gasteiger partial charge is 0.303 e. The predicted octanol–water partition coefficient (Wildman–Crippen LogP) is -3.53. The number of carbonyl (C=O) groups excluding carboxylic acids is 6. The molecule has 184 valence electrons. The number of hydrogen-bond donors (Lipinski definition) is 7. The largest absolute Gasteiger partial charge is 0.481 e. The van der Waals surface area contributed by atoms with Gasteiger partial charge in [0.2, 0.25) is 35.4 Å². The van der Waals surface area contributed by atoms with Crippen LogP contribution in [0.3, 0.4) is 0 Å². The first-order chi connectivity index (χ1) is 15.4. The molecule has 0 aromatic rings. The molecule has 0 aromatic carbocycles. The van der Waals surface area contributed by atoms with Crippen LogP contribution in [0.2, 0.25) is 0 Å². The van der Waals surface area contributed by atoms with Crippen molar-refractivity contribution in [3.05, 3.63) is 0 Å². The maximum atomic E-state index is 12.7. The number of rotatable bonds is 7. The van der Waals surface area contributed by atoms with Crippen LogP contribution in [0.5, 0.6) is 0 Å². The van der Waals surface area contributed by atoms with Crippen LogP contribution in [-0.4, -0.2) is 77.7 Å². The summed E-state index contributed by atoms with van der Waals surface area (Å²) < 4.78 is 0. The van der Waals surface area contributed by atoms with Gasteiger partial charge in [-0.1, -0.05) is 13.8 Å². The Labute approximate surface area is 189 Å². The number of nitrogens with two attached hydrogens (primary N) is 1. The van der Waals surface area contributed by atoms with E-state index >= 15 is 0 Å². The average Bonchev–Trinajstić information content (AvgIpc) is 2.70. The third-order valence-electron chi connectivity index (χ3n) is 4.54. The monoisotopic (exact) mass is 470 g/mol. The summed E-state index contributed by atoms with van der Waals surface area (Å²) in [6.07, 6.45) is -1.06. The van der Waals surface area contributed by atoms with Gasteiger partial charge in [-0.05, 0) is 18.8 Å². The van der Waals surface area contributed by atoms with Gasteiger partial charge < -0.3 is 37.4 Å². The summed E-state index contributed by atoms with van der Waals surface area (Å²) in [7, 11) is 0. The van der Waals surface area contributed by atoms with Crippen molar-refractivity contribution in [3.63, 3.8) is 0 Å². The maximum absolute atomic E-state index is 12.7. The van der Waals surface area contributed by atoms with Crippen molar-refractivity contribution in [3.8, 4) is 0 Å². The Morgan fingerprint density at radius 1 is 0.879 bits per heavy atom. The zero-order valence-electron chi connectivity index (χ0n) is 18.4. The molecule has 8 N–H and O–H groups in total. The van der Waals surface area contributed by atoms with Crippen LogP contribution in [0.25, 0.3) is 0 Å². The summed E-state index contributed by atoms with van der Waals surface area (Å²) in [5.41, 5.74) is 5.16. The van der Waals surface area contributed by atoms with Crippen LogP contribution < -0.4 is 32.3 Å². The van der Waals surface area contributed by atoms with E-state index in [0.29, 0.717) is 0 Å². The van der Waals surface area contributed by atoms with Crippen LogP contribution in [0.4, 0.5) is 0 Å². The van der Waals surface area contributed by atoms with Crippen molar-refractivity contribution in [1.29, 1.82) is 0 Å². The van der Waals surface area contributed by atoms with Crippen molar-refractivity contribution in [2.24, 2.45) is 11.7 Å². The van der Waals surface area contributed by atoms with Gasteiger partial charge in [0.15, 0.2) is 0 Å². The number of carboxylic acids is 1. The molecule has 1 aliphatic rings. The Balaban J connectivity index is 3.16. The predicted molar refractivity (Wildman–Crippen MR) is 112 cm³/mol. The topological polar surface area (TPSA) is 226 Å². The normalized spacial score (nSPS) is 23.2. The van der Waals surface area contributed by atoms with E-state index in [1.54, 1.807) is 13.8 Å². The highest BCUT2D eigenvalue weighted by molar-refractivity contribution is 5.97. The molecule has 14 nitrogen and oxygen atoms in total. The van der Waals surface area contributed by atoms with Crippen LogP contribution in [0, 0.1) is 5.92 Å². The van der Waals surface area contributed by atoms with Gasteiger partial charge in [-0.25, -0.2) is 0 Å². The molecule has 1 rings (SSSR count). The lowest BCUT2D eigenvalue weighted by atomic mass is 10.0. The van der Waals surface area contributed by atoms with E-state index in [4.69, 9.17) is 10.8 Å². The van der Waals surface area contributed by atoms with Crippen molar-refractivity contribution < 1.29 is 38.7 Å². The highest BCUT2D eigenvalue weighted by atomic mass is 16.4. The van der Waals surface area contributed by atoms with E-state index in [1.165, 1.54) is 0 Å². The number of carboxylic acid groups (broad SMARTS) is 1. The van der Waals surface area contributed by atoms with E-state index in [2.05, 4.69) is 26.6 Å². The molecule has 14 heteroatoms. The van der Waals surface area contributed by atoms with E-state index in [9.17, 15) is 33.6 Å². The first-order valence-electron chi connectivity index (χ1n) is 10.3. The van der Waals surface area contributed by atoms with Gasteiger partial charge in [0.05, 0.1) is 19.5 Å². The Bertz CT molecular complexity index is 799. The van der Waals surface area contributed by atoms with E-state index < -0.39 is 85.5 Å². The molecule has 0 radical (unpaired) electrons. The first-order valence-corrected chi connectivity index (χ1v) is 10.3. The number of primary amides is 1. The quantitative estimate of drug-likeness (QED) is 0.197. The summed E-state index contributed by atoms with van der Waals surface area (Å²) in [6, 6.07) is -3.76. The van der Waals surface area contributed by atoms with Crippen LogP contribution in [0.1, 0.15) is 39.5 Å². The molecule has 0 saturated carbocycles. The lowest BCUT2D eigenvalue weighted by Crippen LogP contribution is -2.56. The zero-order valence-corrected chi connectivity index (χ0v) is 18.4. The molecule has 6 amide bonds. The van der Waals surface area contributed by atoms with Crippen LogP contribution in [-0.2, 0) is 33.6 Å². The molecule has 1 aliphatic heterocycles. The molecular formula is C19H30N6O8. The fraction of sp³-hybridized carbons (Fsp3) is 0.632. The number of aliphatic carboxylic acids is 1. The Kier molecular flexibility index (Phi) is 10.7. The van der Waals surface area contributed by atoms with Crippen LogP contribution >= 0.6 is 0 Å². The first kappa shape index (κ1) is 27.3. The van der Waals surface area contributed by atoms with Gasteiger partial charge in [-0.2, -0.15) is 0 Å². The van der Waals surface area contributed by atoms with E-state index in [0.717, 1.165) is 0 Å². The molecule has 1 saturated heterocycles. The number of hydrogen-bond acceptors (Lipinski definition) is 7. The van der Waals surface area contributed by atoms with Crippen molar-refractivity contribution in [1.82, 2.24) is 26.6 Å². The fourth-order valence-corrected chi connectivity index (χ4v) is 2.99. The third kappa shape index (κ3) is 10.4. The molecule has 0 aliphatic carbocycles. The Morgan fingerprint density at radius 2 is 1.39 bits per heavy atom. The van der Waals surface area contributed by atoms with E-state index in [1.807, 2.05) is 0 Å². The Hall–Kier alpha value is -3.71. The summed E-state index contributed by atoms with van der Waals surface area (Å²) >= 11 is 0. The van der Waals surface area contributed by atoms with Crippen molar-refractivity contribution >= 4 is 41.4 Å². The molecule has 1 fully saturated rings. The van der Waals surface area contributed by atoms with Gasteiger partial charge in [0, 0.05) is 6.42 Å². The lowest BCUT2D eigenvalue weighted by Gasteiger charge is -2.23. The van der Waals surface area contributed by atoms with Gasteiger partial charge in [0.1, 0.15) is 18.1 Å².